The van der Waals surface area contributed by atoms with E-state index in [1.165, 1.54) is 6.33 Å². The molecule has 0 aliphatic carbocycles. The van der Waals surface area contributed by atoms with Crippen molar-refractivity contribution in [3.05, 3.63) is 47.9 Å². The molecule has 1 aromatic carbocycles. The average Bonchev–Trinajstić information content (AvgIpc) is 2.92. The molecule has 2 heterocycles. The number of nitrogens with one attached hydrogen (secondary N) is 1. The number of aromatic nitrogens is 2. The summed E-state index contributed by atoms with van der Waals surface area (Å²) in [6, 6.07) is 9.52. The van der Waals surface area contributed by atoms with Crippen LogP contribution in [0.15, 0.2) is 36.7 Å². The molecular formula is C19H24N4O2. The maximum Gasteiger partial charge on any atom is 0.132 e. The van der Waals surface area contributed by atoms with E-state index in [4.69, 9.17) is 10.1 Å². The standard InChI is InChI=1S/C19H24N4O2/c1-12(2)25-16-6-4-5-14(8-16)19(20)17-9-18(22-11-21-17)23-10-15(24)7-13(23)3/h4-6,8-9,11-13,15,20,24H,7,10H2,1-3H3/t13-,15+/m0/s1. The number of anilines is 1. The van der Waals surface area contributed by atoms with Crippen molar-refractivity contribution in [2.24, 2.45) is 0 Å². The second kappa shape index (κ2) is 7.19. The number of nitrogens with zero attached hydrogens (tertiary/aromatic N) is 3. The quantitative estimate of drug-likeness (QED) is 0.818. The molecule has 1 aromatic heterocycles. The normalized spacial score (nSPS) is 20.1. The first kappa shape index (κ1) is 17.4. The number of hydrogen-bond acceptors (Lipinski definition) is 6. The predicted octanol–water partition coefficient (Wildman–Crippen LogP) is 2.64. The zero-order chi connectivity index (χ0) is 18.0. The lowest BCUT2D eigenvalue weighted by Crippen LogP contribution is -2.28. The molecule has 6 heteroatoms. The average molecular weight is 340 g/mol. The van der Waals surface area contributed by atoms with Gasteiger partial charge in [0.1, 0.15) is 17.9 Å². The van der Waals surface area contributed by atoms with Gasteiger partial charge in [0.2, 0.25) is 0 Å². The zero-order valence-corrected chi connectivity index (χ0v) is 14.8. The van der Waals surface area contributed by atoms with E-state index in [1.54, 1.807) is 0 Å². The Morgan fingerprint density at radius 1 is 1.32 bits per heavy atom. The van der Waals surface area contributed by atoms with Crippen LogP contribution < -0.4 is 9.64 Å². The highest BCUT2D eigenvalue weighted by Gasteiger charge is 2.28. The SMILES string of the molecule is CC(C)Oc1cccc(C(=N)c2cc(N3C[C@H](O)C[C@@H]3C)ncn2)c1. The van der Waals surface area contributed by atoms with Crippen LogP contribution in [0.4, 0.5) is 5.82 Å². The summed E-state index contributed by atoms with van der Waals surface area (Å²) >= 11 is 0. The van der Waals surface area contributed by atoms with Gasteiger partial charge in [-0.05, 0) is 39.3 Å². The summed E-state index contributed by atoms with van der Waals surface area (Å²) < 4.78 is 5.71. The Morgan fingerprint density at radius 3 is 2.80 bits per heavy atom. The summed E-state index contributed by atoms with van der Waals surface area (Å²) in [5.41, 5.74) is 1.63. The molecule has 1 fully saturated rings. The smallest absolute Gasteiger partial charge is 0.132 e. The number of benzene rings is 1. The molecule has 2 atom stereocenters. The van der Waals surface area contributed by atoms with Gasteiger partial charge >= 0.3 is 0 Å². The van der Waals surface area contributed by atoms with Crippen molar-refractivity contribution in [2.75, 3.05) is 11.4 Å². The maximum atomic E-state index is 9.85. The van der Waals surface area contributed by atoms with Crippen molar-refractivity contribution in [1.82, 2.24) is 9.97 Å². The van der Waals surface area contributed by atoms with Gasteiger partial charge in [0, 0.05) is 24.2 Å². The van der Waals surface area contributed by atoms with Crippen LogP contribution in [0, 0.1) is 5.41 Å². The molecule has 0 unspecified atom stereocenters. The van der Waals surface area contributed by atoms with E-state index in [0.717, 1.165) is 23.6 Å². The fraction of sp³-hybridized carbons (Fsp3) is 0.421. The van der Waals surface area contributed by atoms with E-state index in [0.29, 0.717) is 18.0 Å². The van der Waals surface area contributed by atoms with Crippen molar-refractivity contribution >= 4 is 11.5 Å². The van der Waals surface area contributed by atoms with Gasteiger partial charge in [-0.25, -0.2) is 9.97 Å². The van der Waals surface area contributed by atoms with E-state index in [9.17, 15) is 5.11 Å². The van der Waals surface area contributed by atoms with Crippen LogP contribution in [0.1, 0.15) is 38.4 Å². The van der Waals surface area contributed by atoms with Crippen LogP contribution in [-0.2, 0) is 0 Å². The number of ether oxygens (including phenoxy) is 1. The summed E-state index contributed by atoms with van der Waals surface area (Å²) in [5, 5.41) is 18.3. The van der Waals surface area contributed by atoms with E-state index in [-0.39, 0.29) is 18.2 Å². The first-order valence-corrected chi connectivity index (χ1v) is 8.57. The third kappa shape index (κ3) is 3.96. The monoisotopic (exact) mass is 340 g/mol. The molecule has 2 aromatic rings. The van der Waals surface area contributed by atoms with Gasteiger partial charge in [-0.2, -0.15) is 0 Å². The highest BCUT2D eigenvalue weighted by atomic mass is 16.5. The van der Waals surface area contributed by atoms with E-state index < -0.39 is 0 Å². The van der Waals surface area contributed by atoms with Gasteiger partial charge in [-0.15, -0.1) is 0 Å². The lowest BCUT2D eigenvalue weighted by molar-refractivity contribution is 0.195. The van der Waals surface area contributed by atoms with E-state index in [2.05, 4.69) is 21.8 Å². The highest BCUT2D eigenvalue weighted by Crippen LogP contribution is 2.25. The molecule has 0 amide bonds. The van der Waals surface area contributed by atoms with Gasteiger partial charge < -0.3 is 14.7 Å². The van der Waals surface area contributed by atoms with Crippen LogP contribution in [-0.4, -0.2) is 45.6 Å². The summed E-state index contributed by atoms with van der Waals surface area (Å²) in [7, 11) is 0. The molecule has 2 N–H and O–H groups in total. The first-order chi connectivity index (χ1) is 11.9. The summed E-state index contributed by atoms with van der Waals surface area (Å²) in [4.78, 5) is 10.6. The molecule has 3 rings (SSSR count). The molecule has 1 saturated heterocycles. The van der Waals surface area contributed by atoms with Crippen molar-refractivity contribution in [2.45, 2.75) is 45.4 Å². The Labute approximate surface area is 148 Å². The molecule has 25 heavy (non-hydrogen) atoms. The van der Waals surface area contributed by atoms with Gasteiger partial charge in [-0.3, -0.25) is 5.41 Å². The van der Waals surface area contributed by atoms with Crippen LogP contribution >= 0.6 is 0 Å². The molecule has 132 valence electrons. The minimum atomic E-state index is -0.335. The van der Waals surface area contributed by atoms with E-state index in [1.807, 2.05) is 44.2 Å². The Hall–Kier alpha value is -2.47. The lowest BCUT2D eigenvalue weighted by Gasteiger charge is -2.22. The Morgan fingerprint density at radius 2 is 2.12 bits per heavy atom. The number of aliphatic hydroxyl groups excluding tert-OH is 1. The van der Waals surface area contributed by atoms with Gasteiger partial charge in [0.15, 0.2) is 0 Å². The summed E-state index contributed by atoms with van der Waals surface area (Å²) in [5.74, 6) is 1.48. The number of aliphatic hydroxyl groups is 1. The van der Waals surface area contributed by atoms with Crippen molar-refractivity contribution in [3.63, 3.8) is 0 Å². The molecule has 0 saturated carbocycles. The number of hydrogen-bond donors (Lipinski definition) is 2. The van der Waals surface area contributed by atoms with Crippen molar-refractivity contribution in [3.8, 4) is 5.75 Å². The third-order valence-electron chi connectivity index (χ3n) is 4.25. The van der Waals surface area contributed by atoms with Gasteiger partial charge in [-0.1, -0.05) is 12.1 Å². The number of β-amino-alcohol motifs (C(OH)–C–C–N with tert-alkyl or cyclic N) is 1. The third-order valence-corrected chi connectivity index (χ3v) is 4.25. The molecular weight excluding hydrogens is 316 g/mol. The van der Waals surface area contributed by atoms with Crippen LogP contribution in [0.2, 0.25) is 0 Å². The first-order valence-electron chi connectivity index (χ1n) is 8.57. The predicted molar refractivity (Wildman–Crippen MR) is 97.6 cm³/mol. The van der Waals surface area contributed by atoms with Crippen molar-refractivity contribution in [1.29, 1.82) is 5.41 Å². The highest BCUT2D eigenvalue weighted by molar-refractivity contribution is 6.10. The molecule has 1 aliphatic rings. The fourth-order valence-corrected chi connectivity index (χ4v) is 3.11. The molecule has 6 nitrogen and oxygen atoms in total. The van der Waals surface area contributed by atoms with Gasteiger partial charge in [0.25, 0.3) is 0 Å². The molecule has 0 spiro atoms. The minimum Gasteiger partial charge on any atom is -0.491 e. The second-order valence-corrected chi connectivity index (χ2v) is 6.72. The molecule has 0 radical (unpaired) electrons. The minimum absolute atomic E-state index is 0.0816. The zero-order valence-electron chi connectivity index (χ0n) is 14.8. The van der Waals surface area contributed by atoms with E-state index >= 15 is 0 Å². The lowest BCUT2D eigenvalue weighted by atomic mass is 10.1. The fourth-order valence-electron chi connectivity index (χ4n) is 3.11. The summed E-state index contributed by atoms with van der Waals surface area (Å²) in [6.07, 6.45) is 1.95. The largest absolute Gasteiger partial charge is 0.491 e. The Kier molecular flexibility index (Phi) is 4.99. The molecule has 1 aliphatic heterocycles. The Balaban J connectivity index is 1.84. The topological polar surface area (TPSA) is 82.3 Å². The van der Waals surface area contributed by atoms with Gasteiger partial charge in [0.05, 0.1) is 23.6 Å². The Bertz CT molecular complexity index is 763. The molecule has 0 bridgehead atoms. The second-order valence-electron chi connectivity index (χ2n) is 6.72. The number of rotatable bonds is 5. The maximum absolute atomic E-state index is 9.85. The van der Waals surface area contributed by atoms with Crippen LogP contribution in [0.5, 0.6) is 5.75 Å². The van der Waals surface area contributed by atoms with Crippen LogP contribution in [0.3, 0.4) is 0 Å². The van der Waals surface area contributed by atoms with Crippen molar-refractivity contribution < 1.29 is 9.84 Å². The van der Waals surface area contributed by atoms with Crippen LogP contribution in [0.25, 0.3) is 0 Å². The summed E-state index contributed by atoms with van der Waals surface area (Å²) in [6.45, 7) is 6.57.